The zero-order valence-corrected chi connectivity index (χ0v) is 22.2. The normalized spacial score (nSPS) is 13.1. The summed E-state index contributed by atoms with van der Waals surface area (Å²) in [5.41, 5.74) is 0.405. The number of hydrogen-bond donors (Lipinski definition) is 0. The predicted octanol–water partition coefficient (Wildman–Crippen LogP) is 5.91. The van der Waals surface area contributed by atoms with E-state index in [4.69, 9.17) is 18.3 Å². The number of aromatic nitrogens is 2. The molecule has 1 heterocycles. The number of hydrogen-bond acceptors (Lipinski definition) is 8. The number of nitrogens with zero attached hydrogens (tertiary/aromatic N) is 2. The smallest absolute Gasteiger partial charge is 0.345 e. The number of carbonyl (C=O) groups excluding carboxylic acids is 1. The number of rotatable bonds is 14. The molecule has 0 aliphatic rings. The Morgan fingerprint density at radius 3 is 2.21 bits per heavy atom. The molecular weight excluding hydrogens is 455 g/mol. The summed E-state index contributed by atoms with van der Waals surface area (Å²) >= 11 is 0. The lowest BCUT2D eigenvalue weighted by Crippen LogP contribution is -2.34. The summed E-state index contributed by atoms with van der Waals surface area (Å²) in [4.78, 5) is 17.4. The van der Waals surface area contributed by atoms with Gasteiger partial charge in [-0.05, 0) is 58.6 Å². The van der Waals surface area contributed by atoms with Crippen molar-refractivity contribution >= 4 is 13.6 Å². The summed E-state index contributed by atoms with van der Waals surface area (Å²) in [6.45, 7) is 11.1. The van der Waals surface area contributed by atoms with Gasteiger partial charge in [-0.2, -0.15) is 4.98 Å². The standard InChI is InChI=1S/C25H39N2O6P/c1-7-10-11-12-19-13-15-20(16-14-19)17-22-26-23(33-27-22)18-21(24(28)32-25(4,5)6)34(29,30-8-2)31-9-3/h13-16,21H,7-12,17-18H2,1-6H3. The monoisotopic (exact) mass is 494 g/mol. The number of esters is 1. The van der Waals surface area contributed by atoms with Crippen molar-refractivity contribution in [1.82, 2.24) is 10.1 Å². The third kappa shape index (κ3) is 8.97. The molecule has 0 radical (unpaired) electrons. The first-order valence-electron chi connectivity index (χ1n) is 12.1. The van der Waals surface area contributed by atoms with E-state index in [-0.39, 0.29) is 25.5 Å². The highest BCUT2D eigenvalue weighted by molar-refractivity contribution is 7.55. The van der Waals surface area contributed by atoms with Crippen molar-refractivity contribution in [1.29, 1.82) is 0 Å². The maximum absolute atomic E-state index is 13.4. The van der Waals surface area contributed by atoms with Crippen LogP contribution in [-0.2, 0) is 42.4 Å². The third-order valence-electron chi connectivity index (χ3n) is 5.01. The second-order valence-electron chi connectivity index (χ2n) is 9.18. The molecule has 8 nitrogen and oxygen atoms in total. The summed E-state index contributed by atoms with van der Waals surface area (Å²) in [5, 5.41) is 4.05. The van der Waals surface area contributed by atoms with E-state index in [1.807, 2.05) is 0 Å². The van der Waals surface area contributed by atoms with Gasteiger partial charge in [0.15, 0.2) is 11.5 Å². The Balaban J connectivity index is 2.15. The number of carbonyl (C=O) groups is 1. The van der Waals surface area contributed by atoms with Gasteiger partial charge in [0.05, 0.1) is 19.6 Å². The topological polar surface area (TPSA) is 101 Å². The first kappa shape index (κ1) is 28.2. The van der Waals surface area contributed by atoms with E-state index < -0.39 is 24.8 Å². The van der Waals surface area contributed by atoms with Crippen LogP contribution in [0.5, 0.6) is 0 Å². The van der Waals surface area contributed by atoms with Crippen LogP contribution in [-0.4, -0.2) is 40.6 Å². The Labute approximate surface area is 203 Å². The van der Waals surface area contributed by atoms with Crippen LogP contribution in [0.1, 0.15) is 83.6 Å². The molecule has 0 saturated carbocycles. The van der Waals surface area contributed by atoms with E-state index in [9.17, 15) is 9.36 Å². The van der Waals surface area contributed by atoms with Gasteiger partial charge in [0, 0.05) is 6.42 Å². The molecule has 2 aromatic rings. The van der Waals surface area contributed by atoms with Crippen LogP contribution in [0, 0.1) is 0 Å². The largest absolute Gasteiger partial charge is 0.459 e. The minimum Gasteiger partial charge on any atom is -0.459 e. The molecule has 0 aliphatic carbocycles. The van der Waals surface area contributed by atoms with Crippen LogP contribution in [0.4, 0.5) is 0 Å². The van der Waals surface area contributed by atoms with Crippen LogP contribution in [0.3, 0.4) is 0 Å². The molecule has 0 fully saturated rings. The Morgan fingerprint density at radius 1 is 1.03 bits per heavy atom. The molecular formula is C25H39N2O6P. The van der Waals surface area contributed by atoms with Gasteiger partial charge in [0.1, 0.15) is 5.60 Å². The predicted molar refractivity (Wildman–Crippen MR) is 131 cm³/mol. The molecule has 1 aromatic carbocycles. The fraction of sp³-hybridized carbons (Fsp3) is 0.640. The molecule has 1 unspecified atom stereocenters. The molecule has 0 saturated heterocycles. The Kier molecular flexibility index (Phi) is 10.9. The highest BCUT2D eigenvalue weighted by atomic mass is 31.2. The Morgan fingerprint density at radius 2 is 1.65 bits per heavy atom. The summed E-state index contributed by atoms with van der Waals surface area (Å²) in [5.74, 6) is -0.0165. The van der Waals surface area contributed by atoms with Crippen LogP contribution < -0.4 is 0 Å². The quantitative estimate of drug-likeness (QED) is 0.181. The van der Waals surface area contributed by atoms with E-state index in [2.05, 4.69) is 41.3 Å². The van der Waals surface area contributed by atoms with Gasteiger partial charge in [0.2, 0.25) is 5.89 Å². The fourth-order valence-corrected chi connectivity index (χ4v) is 5.31. The maximum Gasteiger partial charge on any atom is 0.345 e. The van der Waals surface area contributed by atoms with Crippen molar-refractivity contribution in [2.45, 2.75) is 91.3 Å². The van der Waals surface area contributed by atoms with E-state index in [0.717, 1.165) is 12.0 Å². The van der Waals surface area contributed by atoms with Gasteiger partial charge >= 0.3 is 13.6 Å². The van der Waals surface area contributed by atoms with Crippen molar-refractivity contribution in [3.05, 3.63) is 47.1 Å². The highest BCUT2D eigenvalue weighted by Gasteiger charge is 2.44. The summed E-state index contributed by atoms with van der Waals surface area (Å²) < 4.78 is 35.2. The average molecular weight is 495 g/mol. The van der Waals surface area contributed by atoms with E-state index in [1.165, 1.54) is 24.8 Å². The first-order chi connectivity index (χ1) is 16.1. The first-order valence-corrected chi connectivity index (χ1v) is 13.7. The van der Waals surface area contributed by atoms with Crippen molar-refractivity contribution in [3.63, 3.8) is 0 Å². The van der Waals surface area contributed by atoms with Crippen molar-refractivity contribution in [3.8, 4) is 0 Å². The maximum atomic E-state index is 13.4. The van der Waals surface area contributed by atoms with Gasteiger partial charge in [-0.3, -0.25) is 9.36 Å². The zero-order chi connectivity index (χ0) is 25.2. The Bertz CT molecular complexity index is 926. The molecule has 2 rings (SSSR count). The molecule has 0 N–H and O–H groups in total. The minimum absolute atomic E-state index is 0.102. The molecule has 9 heteroatoms. The lowest BCUT2D eigenvalue weighted by atomic mass is 10.0. The molecule has 190 valence electrons. The minimum atomic E-state index is -3.81. The third-order valence-corrected chi connectivity index (χ3v) is 7.40. The number of ether oxygens (including phenoxy) is 1. The highest BCUT2D eigenvalue weighted by Crippen LogP contribution is 2.54. The zero-order valence-electron chi connectivity index (χ0n) is 21.3. The van der Waals surface area contributed by atoms with Crippen molar-refractivity contribution in [2.24, 2.45) is 0 Å². The summed E-state index contributed by atoms with van der Waals surface area (Å²) in [7, 11) is -3.81. The SMILES string of the molecule is CCCCCc1ccc(Cc2noc(CC(C(=O)OC(C)(C)C)P(=O)(OCC)OCC)n2)cc1. The van der Waals surface area contributed by atoms with Crippen molar-refractivity contribution < 1.29 is 27.7 Å². The van der Waals surface area contributed by atoms with Gasteiger partial charge < -0.3 is 18.3 Å². The van der Waals surface area contributed by atoms with Gasteiger partial charge in [-0.1, -0.05) is 49.2 Å². The molecule has 0 bridgehead atoms. The van der Waals surface area contributed by atoms with E-state index >= 15 is 0 Å². The number of aryl methyl sites for hydroxylation is 1. The molecule has 0 spiro atoms. The van der Waals surface area contributed by atoms with Gasteiger partial charge in [-0.15, -0.1) is 0 Å². The van der Waals surface area contributed by atoms with Crippen LogP contribution >= 0.6 is 7.60 Å². The number of benzene rings is 1. The lowest BCUT2D eigenvalue weighted by Gasteiger charge is -2.27. The molecule has 34 heavy (non-hydrogen) atoms. The van der Waals surface area contributed by atoms with Crippen LogP contribution in [0.2, 0.25) is 0 Å². The average Bonchev–Trinajstić information content (AvgIpc) is 3.19. The summed E-state index contributed by atoms with van der Waals surface area (Å²) in [6.07, 6.45) is 5.09. The van der Waals surface area contributed by atoms with E-state index in [1.54, 1.807) is 34.6 Å². The Hall–Kier alpha value is -2.02. The molecule has 1 aromatic heterocycles. The molecule has 1 atom stereocenters. The van der Waals surface area contributed by atoms with Crippen LogP contribution in [0.15, 0.2) is 28.8 Å². The summed E-state index contributed by atoms with van der Waals surface area (Å²) in [6, 6.07) is 8.40. The second kappa shape index (κ2) is 13.2. The number of unbranched alkanes of at least 4 members (excludes halogenated alkanes) is 2. The van der Waals surface area contributed by atoms with Gasteiger partial charge in [0.25, 0.3) is 0 Å². The van der Waals surface area contributed by atoms with Gasteiger partial charge in [-0.25, -0.2) is 0 Å². The van der Waals surface area contributed by atoms with E-state index in [0.29, 0.717) is 12.2 Å². The fourth-order valence-electron chi connectivity index (χ4n) is 3.47. The van der Waals surface area contributed by atoms with Crippen LogP contribution in [0.25, 0.3) is 0 Å². The molecule has 0 amide bonds. The second-order valence-corrected chi connectivity index (χ2v) is 11.4. The molecule has 0 aliphatic heterocycles. The van der Waals surface area contributed by atoms with Crippen molar-refractivity contribution in [2.75, 3.05) is 13.2 Å². The lowest BCUT2D eigenvalue weighted by molar-refractivity contribution is -0.154.